The van der Waals surface area contributed by atoms with E-state index in [1.165, 1.54) is 0 Å². The van der Waals surface area contributed by atoms with Gasteiger partial charge in [0.25, 0.3) is 0 Å². The zero-order valence-electron chi connectivity index (χ0n) is 9.66. The van der Waals surface area contributed by atoms with Crippen molar-refractivity contribution in [3.8, 4) is 0 Å². The maximum absolute atomic E-state index is 4.36. The number of anilines is 3. The summed E-state index contributed by atoms with van der Waals surface area (Å²) in [5.74, 6) is 1.46. The lowest BCUT2D eigenvalue weighted by Gasteiger charge is -2.10. The molecular weight excluding hydrogens is 280 g/mol. The fourth-order valence-corrected chi connectivity index (χ4v) is 1.79. The van der Waals surface area contributed by atoms with Gasteiger partial charge in [0.05, 0.1) is 12.4 Å². The van der Waals surface area contributed by atoms with E-state index in [1.54, 1.807) is 12.4 Å². The van der Waals surface area contributed by atoms with Crippen molar-refractivity contribution in [2.45, 2.75) is 6.92 Å². The Labute approximate surface area is 109 Å². The zero-order valence-corrected chi connectivity index (χ0v) is 11.2. The molecule has 2 N–H and O–H groups in total. The largest absolute Gasteiger partial charge is 0.372 e. The van der Waals surface area contributed by atoms with Crippen molar-refractivity contribution < 1.29 is 0 Å². The monoisotopic (exact) mass is 292 g/mol. The van der Waals surface area contributed by atoms with E-state index in [0.717, 1.165) is 27.4 Å². The average Bonchev–Trinajstić information content (AvgIpc) is 2.35. The van der Waals surface area contributed by atoms with Gasteiger partial charge in [-0.05, 0) is 24.6 Å². The molecule has 0 aliphatic carbocycles. The predicted octanol–water partition coefficient (Wildman–Crippen LogP) is 3.33. The van der Waals surface area contributed by atoms with Crippen molar-refractivity contribution in [1.82, 2.24) is 9.97 Å². The molecule has 17 heavy (non-hydrogen) atoms. The van der Waals surface area contributed by atoms with Crippen molar-refractivity contribution in [3.05, 3.63) is 40.6 Å². The number of nitrogens with one attached hydrogen (secondary N) is 2. The predicted molar refractivity (Wildman–Crippen MR) is 73.7 cm³/mol. The minimum absolute atomic E-state index is 0.720. The summed E-state index contributed by atoms with van der Waals surface area (Å²) >= 11 is 3.50. The van der Waals surface area contributed by atoms with E-state index in [0.29, 0.717) is 0 Å². The molecule has 0 saturated carbocycles. The molecule has 0 spiro atoms. The number of rotatable bonds is 3. The third-order valence-electron chi connectivity index (χ3n) is 2.42. The molecule has 0 aliphatic rings. The molecule has 0 amide bonds. The molecule has 4 nitrogen and oxygen atoms in total. The van der Waals surface area contributed by atoms with E-state index in [2.05, 4.69) is 36.5 Å². The summed E-state index contributed by atoms with van der Waals surface area (Å²) in [5.41, 5.74) is 2.16. The van der Waals surface area contributed by atoms with Crippen molar-refractivity contribution in [1.29, 1.82) is 0 Å². The maximum atomic E-state index is 4.36. The Morgan fingerprint density at radius 2 is 1.94 bits per heavy atom. The summed E-state index contributed by atoms with van der Waals surface area (Å²) in [5, 5.41) is 6.20. The van der Waals surface area contributed by atoms with Crippen LogP contribution in [0, 0.1) is 6.92 Å². The van der Waals surface area contributed by atoms with Gasteiger partial charge in [-0.1, -0.05) is 22.0 Å². The number of halogens is 1. The molecule has 1 aromatic heterocycles. The van der Waals surface area contributed by atoms with Crippen LogP contribution in [0.15, 0.2) is 35.1 Å². The molecule has 1 aromatic carbocycles. The molecule has 2 aromatic rings. The molecule has 88 valence electrons. The van der Waals surface area contributed by atoms with E-state index in [4.69, 9.17) is 0 Å². The molecular formula is C12H13BrN4. The second kappa shape index (κ2) is 5.14. The first kappa shape index (κ1) is 11.9. The summed E-state index contributed by atoms with van der Waals surface area (Å²) < 4.78 is 1.07. The van der Waals surface area contributed by atoms with Crippen molar-refractivity contribution >= 4 is 33.3 Å². The summed E-state index contributed by atoms with van der Waals surface area (Å²) in [6.45, 7) is 2.04. The van der Waals surface area contributed by atoms with E-state index < -0.39 is 0 Å². The van der Waals surface area contributed by atoms with Crippen LogP contribution >= 0.6 is 15.9 Å². The zero-order chi connectivity index (χ0) is 12.3. The highest BCUT2D eigenvalue weighted by molar-refractivity contribution is 9.10. The SMILES string of the molecule is CNc1cncc(Nc2cccc(Br)c2C)n1. The van der Waals surface area contributed by atoms with Crippen molar-refractivity contribution in [3.63, 3.8) is 0 Å². The second-order valence-corrected chi connectivity index (χ2v) is 4.43. The van der Waals surface area contributed by atoms with Crippen LogP contribution in [0.25, 0.3) is 0 Å². The highest BCUT2D eigenvalue weighted by atomic mass is 79.9. The van der Waals surface area contributed by atoms with Gasteiger partial charge < -0.3 is 10.6 Å². The smallest absolute Gasteiger partial charge is 0.151 e. The topological polar surface area (TPSA) is 49.8 Å². The maximum Gasteiger partial charge on any atom is 0.151 e. The van der Waals surface area contributed by atoms with Crippen LogP contribution in [0.5, 0.6) is 0 Å². The molecule has 5 heteroatoms. The van der Waals surface area contributed by atoms with Crippen LogP contribution in [-0.4, -0.2) is 17.0 Å². The van der Waals surface area contributed by atoms with Crippen LogP contribution in [-0.2, 0) is 0 Å². The third kappa shape index (κ3) is 2.74. The first-order valence-corrected chi connectivity index (χ1v) is 6.02. The number of nitrogens with zero attached hydrogens (tertiary/aromatic N) is 2. The number of hydrogen-bond acceptors (Lipinski definition) is 4. The van der Waals surface area contributed by atoms with Gasteiger partial charge in [-0.3, -0.25) is 4.98 Å². The van der Waals surface area contributed by atoms with Gasteiger partial charge >= 0.3 is 0 Å². The molecule has 0 unspecified atom stereocenters. The number of aromatic nitrogens is 2. The number of hydrogen-bond donors (Lipinski definition) is 2. The van der Waals surface area contributed by atoms with Crippen molar-refractivity contribution in [2.24, 2.45) is 0 Å². The van der Waals surface area contributed by atoms with Gasteiger partial charge in [0.15, 0.2) is 5.82 Å². The van der Waals surface area contributed by atoms with Gasteiger partial charge in [0, 0.05) is 17.2 Å². The third-order valence-corrected chi connectivity index (χ3v) is 3.28. The molecule has 0 aliphatic heterocycles. The highest BCUT2D eigenvalue weighted by Crippen LogP contribution is 2.25. The lowest BCUT2D eigenvalue weighted by Crippen LogP contribution is -2.00. The molecule has 0 bridgehead atoms. The van der Waals surface area contributed by atoms with E-state index in [1.807, 2.05) is 32.2 Å². The highest BCUT2D eigenvalue weighted by Gasteiger charge is 2.03. The fourth-order valence-electron chi connectivity index (χ4n) is 1.43. The lowest BCUT2D eigenvalue weighted by molar-refractivity contribution is 1.18. The molecule has 0 fully saturated rings. The summed E-state index contributed by atoms with van der Waals surface area (Å²) in [6, 6.07) is 6.00. The van der Waals surface area contributed by atoms with E-state index in [9.17, 15) is 0 Å². The minimum Gasteiger partial charge on any atom is -0.372 e. The van der Waals surface area contributed by atoms with Crippen LogP contribution in [0.1, 0.15) is 5.56 Å². The van der Waals surface area contributed by atoms with Gasteiger partial charge in [-0.25, -0.2) is 4.98 Å². The Kier molecular flexibility index (Phi) is 3.58. The first-order chi connectivity index (χ1) is 8.20. The molecule has 0 radical (unpaired) electrons. The quantitative estimate of drug-likeness (QED) is 0.911. The van der Waals surface area contributed by atoms with Crippen LogP contribution < -0.4 is 10.6 Å². The minimum atomic E-state index is 0.720. The molecule has 0 saturated heterocycles. The van der Waals surface area contributed by atoms with Crippen LogP contribution in [0.2, 0.25) is 0 Å². The van der Waals surface area contributed by atoms with E-state index >= 15 is 0 Å². The molecule has 0 atom stereocenters. The van der Waals surface area contributed by atoms with E-state index in [-0.39, 0.29) is 0 Å². The van der Waals surface area contributed by atoms with Crippen molar-refractivity contribution in [2.75, 3.05) is 17.7 Å². The standard InChI is InChI=1S/C12H13BrN4/c1-8-9(13)4-3-5-10(8)16-12-7-15-6-11(14-2)17-12/h3-7H,1-2H3,(H2,14,16,17). The molecule has 1 heterocycles. The van der Waals surface area contributed by atoms with Gasteiger partial charge in [-0.2, -0.15) is 0 Å². The molecule has 2 rings (SSSR count). The normalized spacial score (nSPS) is 10.1. The second-order valence-electron chi connectivity index (χ2n) is 3.58. The summed E-state index contributed by atoms with van der Waals surface area (Å²) in [7, 11) is 1.82. The Balaban J connectivity index is 2.28. The Bertz CT molecular complexity index is 528. The van der Waals surface area contributed by atoms with Crippen LogP contribution in [0.4, 0.5) is 17.3 Å². The lowest BCUT2D eigenvalue weighted by atomic mass is 10.2. The fraction of sp³-hybridized carbons (Fsp3) is 0.167. The average molecular weight is 293 g/mol. The van der Waals surface area contributed by atoms with Gasteiger partial charge in [-0.15, -0.1) is 0 Å². The Morgan fingerprint density at radius 3 is 2.71 bits per heavy atom. The van der Waals surface area contributed by atoms with Crippen LogP contribution in [0.3, 0.4) is 0 Å². The van der Waals surface area contributed by atoms with Gasteiger partial charge in [0.1, 0.15) is 5.82 Å². The first-order valence-electron chi connectivity index (χ1n) is 5.22. The Morgan fingerprint density at radius 1 is 1.18 bits per heavy atom. The number of benzene rings is 1. The Hall–Kier alpha value is -1.62. The summed E-state index contributed by atoms with van der Waals surface area (Å²) in [6.07, 6.45) is 3.38. The summed E-state index contributed by atoms with van der Waals surface area (Å²) in [4.78, 5) is 8.46. The van der Waals surface area contributed by atoms with Gasteiger partial charge in [0.2, 0.25) is 0 Å².